The van der Waals surface area contributed by atoms with E-state index in [1.54, 1.807) is 0 Å². The van der Waals surface area contributed by atoms with E-state index in [1.807, 2.05) is 30.3 Å². The zero-order valence-corrected chi connectivity index (χ0v) is 11.8. The summed E-state index contributed by atoms with van der Waals surface area (Å²) in [5.74, 6) is 2.48. The molecule has 3 nitrogen and oxygen atoms in total. The second-order valence-corrected chi connectivity index (χ2v) is 5.61. The molecule has 0 aliphatic heterocycles. The summed E-state index contributed by atoms with van der Waals surface area (Å²) in [6.45, 7) is 7.36. The Hall–Kier alpha value is -1.74. The van der Waals surface area contributed by atoms with Gasteiger partial charge in [0.1, 0.15) is 23.9 Å². The van der Waals surface area contributed by atoms with Gasteiger partial charge in [-0.05, 0) is 29.2 Å². The Morgan fingerprint density at radius 2 is 1.74 bits per heavy atom. The molecule has 2 N–H and O–H groups in total. The van der Waals surface area contributed by atoms with E-state index in [2.05, 4.69) is 26.8 Å². The van der Waals surface area contributed by atoms with Crippen LogP contribution in [0.2, 0.25) is 0 Å². The summed E-state index contributed by atoms with van der Waals surface area (Å²) in [6.07, 6.45) is 0. The predicted octanol–water partition coefficient (Wildman–Crippen LogP) is 3.61. The lowest BCUT2D eigenvalue weighted by Crippen LogP contribution is -2.13. The molecule has 0 saturated carbocycles. The maximum absolute atomic E-state index is 5.87. The standard InChI is InChI=1S/C16H21NO2/c1-16(2,3)14-6-4-5-7-15(14)18-11-13-9-8-12(10-17)19-13/h4-9H,10-11,17H2,1-3H3. The van der Waals surface area contributed by atoms with Crippen LogP contribution in [0.4, 0.5) is 0 Å². The van der Waals surface area contributed by atoms with Crippen LogP contribution in [0.5, 0.6) is 5.75 Å². The van der Waals surface area contributed by atoms with Crippen LogP contribution < -0.4 is 10.5 Å². The highest BCUT2D eigenvalue weighted by molar-refractivity contribution is 5.38. The van der Waals surface area contributed by atoms with Gasteiger partial charge in [-0.1, -0.05) is 39.0 Å². The molecule has 102 valence electrons. The molecule has 0 aliphatic carbocycles. The normalized spacial score (nSPS) is 11.6. The van der Waals surface area contributed by atoms with Crippen molar-refractivity contribution in [2.75, 3.05) is 0 Å². The van der Waals surface area contributed by atoms with Gasteiger partial charge in [0.15, 0.2) is 0 Å². The summed E-state index contributed by atoms with van der Waals surface area (Å²) >= 11 is 0. The number of rotatable bonds is 4. The van der Waals surface area contributed by atoms with Crippen LogP contribution in [0, 0.1) is 0 Å². The molecule has 0 atom stereocenters. The van der Waals surface area contributed by atoms with Crippen LogP contribution in [-0.2, 0) is 18.6 Å². The van der Waals surface area contributed by atoms with Crippen molar-refractivity contribution < 1.29 is 9.15 Å². The number of ether oxygens (including phenoxy) is 1. The average molecular weight is 259 g/mol. The smallest absolute Gasteiger partial charge is 0.146 e. The molecule has 1 aromatic carbocycles. The summed E-state index contributed by atoms with van der Waals surface area (Å²) in [6, 6.07) is 11.9. The van der Waals surface area contributed by atoms with Crippen molar-refractivity contribution in [2.24, 2.45) is 5.73 Å². The van der Waals surface area contributed by atoms with E-state index in [0.717, 1.165) is 17.3 Å². The first-order chi connectivity index (χ1) is 9.00. The molecule has 19 heavy (non-hydrogen) atoms. The molecular weight excluding hydrogens is 238 g/mol. The average Bonchev–Trinajstić information content (AvgIpc) is 2.83. The lowest BCUT2D eigenvalue weighted by Gasteiger charge is -2.22. The van der Waals surface area contributed by atoms with E-state index < -0.39 is 0 Å². The summed E-state index contributed by atoms with van der Waals surface area (Å²) in [7, 11) is 0. The third kappa shape index (κ3) is 3.38. The Bertz CT molecular complexity index is 538. The summed E-state index contributed by atoms with van der Waals surface area (Å²) in [5.41, 5.74) is 6.77. The molecule has 0 aliphatic rings. The maximum Gasteiger partial charge on any atom is 0.146 e. The van der Waals surface area contributed by atoms with Gasteiger partial charge in [0, 0.05) is 0 Å². The van der Waals surface area contributed by atoms with Crippen LogP contribution in [-0.4, -0.2) is 0 Å². The molecule has 1 aromatic heterocycles. The molecule has 1 heterocycles. The minimum atomic E-state index is 0.0577. The van der Waals surface area contributed by atoms with Crippen LogP contribution >= 0.6 is 0 Å². The van der Waals surface area contributed by atoms with Gasteiger partial charge >= 0.3 is 0 Å². The quantitative estimate of drug-likeness (QED) is 0.912. The Morgan fingerprint density at radius 1 is 1.05 bits per heavy atom. The number of para-hydroxylation sites is 1. The first-order valence-electron chi connectivity index (χ1n) is 6.50. The monoisotopic (exact) mass is 259 g/mol. The van der Waals surface area contributed by atoms with Gasteiger partial charge in [-0.25, -0.2) is 0 Å². The van der Waals surface area contributed by atoms with Crippen molar-refractivity contribution in [1.29, 1.82) is 0 Å². The van der Waals surface area contributed by atoms with Crippen molar-refractivity contribution in [3.63, 3.8) is 0 Å². The highest BCUT2D eigenvalue weighted by Crippen LogP contribution is 2.31. The predicted molar refractivity (Wildman–Crippen MR) is 76.1 cm³/mol. The topological polar surface area (TPSA) is 48.4 Å². The molecule has 0 amide bonds. The second kappa shape index (κ2) is 5.49. The fourth-order valence-electron chi connectivity index (χ4n) is 1.97. The minimum absolute atomic E-state index is 0.0577. The third-order valence-electron chi connectivity index (χ3n) is 2.98. The van der Waals surface area contributed by atoms with Gasteiger partial charge < -0.3 is 14.9 Å². The number of benzene rings is 1. The van der Waals surface area contributed by atoms with E-state index in [-0.39, 0.29) is 5.41 Å². The Labute approximate surface area is 114 Å². The van der Waals surface area contributed by atoms with Gasteiger partial charge in [-0.15, -0.1) is 0 Å². The molecule has 2 aromatic rings. The van der Waals surface area contributed by atoms with Gasteiger partial charge in [0.05, 0.1) is 6.54 Å². The molecule has 0 unspecified atom stereocenters. The largest absolute Gasteiger partial charge is 0.485 e. The Kier molecular flexibility index (Phi) is 3.96. The lowest BCUT2D eigenvalue weighted by atomic mass is 9.86. The first kappa shape index (κ1) is 13.7. The van der Waals surface area contributed by atoms with Crippen molar-refractivity contribution in [1.82, 2.24) is 0 Å². The molecule has 0 bridgehead atoms. The maximum atomic E-state index is 5.87. The van der Waals surface area contributed by atoms with Crippen LogP contribution in [0.3, 0.4) is 0 Å². The number of furan rings is 1. The van der Waals surface area contributed by atoms with Gasteiger partial charge in [0.2, 0.25) is 0 Å². The minimum Gasteiger partial charge on any atom is -0.485 e. The number of nitrogens with two attached hydrogens (primary N) is 1. The van der Waals surface area contributed by atoms with E-state index in [1.165, 1.54) is 5.56 Å². The highest BCUT2D eigenvalue weighted by atomic mass is 16.5. The molecule has 0 spiro atoms. The van der Waals surface area contributed by atoms with Gasteiger partial charge in [-0.3, -0.25) is 0 Å². The fourth-order valence-corrected chi connectivity index (χ4v) is 1.97. The highest BCUT2D eigenvalue weighted by Gasteiger charge is 2.18. The lowest BCUT2D eigenvalue weighted by molar-refractivity contribution is 0.260. The van der Waals surface area contributed by atoms with E-state index in [9.17, 15) is 0 Å². The van der Waals surface area contributed by atoms with Crippen molar-refractivity contribution in [2.45, 2.75) is 39.3 Å². The summed E-state index contributed by atoms with van der Waals surface area (Å²) in [4.78, 5) is 0. The van der Waals surface area contributed by atoms with Crippen molar-refractivity contribution in [3.05, 3.63) is 53.5 Å². The molecule has 0 fully saturated rings. The molecule has 3 heteroatoms. The molecular formula is C16H21NO2. The third-order valence-corrected chi connectivity index (χ3v) is 2.98. The zero-order valence-electron chi connectivity index (χ0n) is 11.8. The Balaban J connectivity index is 2.11. The van der Waals surface area contributed by atoms with Gasteiger partial charge in [0.25, 0.3) is 0 Å². The van der Waals surface area contributed by atoms with Crippen LogP contribution in [0.15, 0.2) is 40.8 Å². The number of hydrogen-bond donors (Lipinski definition) is 1. The van der Waals surface area contributed by atoms with Crippen molar-refractivity contribution in [3.8, 4) is 5.75 Å². The van der Waals surface area contributed by atoms with E-state index in [0.29, 0.717) is 13.2 Å². The van der Waals surface area contributed by atoms with Crippen LogP contribution in [0.1, 0.15) is 37.9 Å². The van der Waals surface area contributed by atoms with Crippen molar-refractivity contribution >= 4 is 0 Å². The summed E-state index contributed by atoms with van der Waals surface area (Å²) < 4.78 is 11.4. The Morgan fingerprint density at radius 3 is 2.37 bits per heavy atom. The van der Waals surface area contributed by atoms with E-state index in [4.69, 9.17) is 14.9 Å². The molecule has 2 rings (SSSR count). The summed E-state index contributed by atoms with van der Waals surface area (Å²) in [5, 5.41) is 0. The fraction of sp³-hybridized carbons (Fsp3) is 0.375. The first-order valence-corrected chi connectivity index (χ1v) is 6.50. The number of hydrogen-bond acceptors (Lipinski definition) is 3. The zero-order chi connectivity index (χ0) is 13.9. The van der Waals surface area contributed by atoms with Crippen LogP contribution in [0.25, 0.3) is 0 Å². The SMILES string of the molecule is CC(C)(C)c1ccccc1OCc1ccc(CN)o1. The van der Waals surface area contributed by atoms with Gasteiger partial charge in [-0.2, -0.15) is 0 Å². The second-order valence-electron chi connectivity index (χ2n) is 5.61. The van der Waals surface area contributed by atoms with E-state index >= 15 is 0 Å². The molecule has 0 saturated heterocycles. The molecule has 0 radical (unpaired) electrons.